The lowest BCUT2D eigenvalue weighted by atomic mass is 10.1. The van der Waals surface area contributed by atoms with Gasteiger partial charge in [0.05, 0.1) is 30.4 Å². The number of amides is 1. The Morgan fingerprint density at radius 3 is 2.73 bits per heavy atom. The number of rotatable bonds is 6. The van der Waals surface area contributed by atoms with Crippen LogP contribution >= 0.6 is 0 Å². The van der Waals surface area contributed by atoms with Crippen LogP contribution in [-0.2, 0) is 9.84 Å². The number of hydrogen-bond donors (Lipinski definition) is 1. The Morgan fingerprint density at radius 1 is 1.42 bits per heavy atom. The molecule has 2 aromatic rings. The molecule has 1 atom stereocenters. The number of sulfone groups is 1. The van der Waals surface area contributed by atoms with Gasteiger partial charge in [-0.1, -0.05) is 6.08 Å². The Balaban J connectivity index is 2.00. The average Bonchev–Trinajstić information content (AvgIpc) is 3.23. The van der Waals surface area contributed by atoms with Crippen LogP contribution in [0.1, 0.15) is 23.0 Å². The topological polar surface area (TPSA) is 90.3 Å². The van der Waals surface area contributed by atoms with Crippen LogP contribution in [0.4, 0.5) is 0 Å². The van der Waals surface area contributed by atoms with Gasteiger partial charge in [-0.05, 0) is 36.8 Å². The summed E-state index contributed by atoms with van der Waals surface area (Å²) in [5, 5.41) is 7.10. The molecule has 0 unspecified atom stereocenters. The summed E-state index contributed by atoms with van der Waals surface area (Å²) in [5.74, 6) is 0.565. The van der Waals surface area contributed by atoms with E-state index in [1.165, 1.54) is 0 Å². The van der Waals surface area contributed by atoms with E-state index >= 15 is 0 Å². The minimum Gasteiger partial charge on any atom is -0.497 e. The summed E-state index contributed by atoms with van der Waals surface area (Å²) in [6.07, 6.45) is 2.07. The molecular formula is C18H21N3O4S. The van der Waals surface area contributed by atoms with Gasteiger partial charge in [-0.3, -0.25) is 9.48 Å². The van der Waals surface area contributed by atoms with Crippen LogP contribution in [0.5, 0.6) is 5.75 Å². The van der Waals surface area contributed by atoms with Crippen LogP contribution < -0.4 is 10.1 Å². The molecule has 1 saturated heterocycles. The quantitative estimate of drug-likeness (QED) is 0.778. The van der Waals surface area contributed by atoms with E-state index in [2.05, 4.69) is 17.0 Å². The number of carbonyl (C=O) groups excluding carboxylic acids is 1. The van der Waals surface area contributed by atoms with Crippen LogP contribution in [-0.4, -0.2) is 49.3 Å². The fourth-order valence-electron chi connectivity index (χ4n) is 2.98. The van der Waals surface area contributed by atoms with Crippen LogP contribution in [0.3, 0.4) is 0 Å². The molecule has 138 valence electrons. The molecular weight excluding hydrogens is 354 g/mol. The van der Waals surface area contributed by atoms with Crippen molar-refractivity contribution in [1.82, 2.24) is 15.1 Å². The van der Waals surface area contributed by atoms with Crippen molar-refractivity contribution in [2.24, 2.45) is 0 Å². The van der Waals surface area contributed by atoms with Crippen LogP contribution in [0.2, 0.25) is 0 Å². The molecule has 1 aliphatic heterocycles. The van der Waals surface area contributed by atoms with Crippen LogP contribution in [0, 0.1) is 0 Å². The molecule has 0 saturated carbocycles. The number of carbonyl (C=O) groups is 1. The fourth-order valence-corrected chi connectivity index (χ4v) is 4.68. The van der Waals surface area contributed by atoms with Gasteiger partial charge in [0.2, 0.25) is 0 Å². The van der Waals surface area contributed by atoms with Gasteiger partial charge in [0.1, 0.15) is 5.75 Å². The summed E-state index contributed by atoms with van der Waals surface area (Å²) in [5.41, 5.74) is 1.80. The summed E-state index contributed by atoms with van der Waals surface area (Å²) >= 11 is 0. The zero-order valence-corrected chi connectivity index (χ0v) is 15.3. The van der Waals surface area contributed by atoms with Crippen molar-refractivity contribution in [1.29, 1.82) is 0 Å². The third-order valence-electron chi connectivity index (χ3n) is 4.32. The first kappa shape index (κ1) is 18.2. The monoisotopic (exact) mass is 375 g/mol. The predicted molar refractivity (Wildman–Crippen MR) is 99.1 cm³/mol. The molecule has 1 aromatic heterocycles. The minimum atomic E-state index is -3.07. The SMILES string of the molecule is C=CCNC(=O)c1cc(-c2ccc(OC)cc2)n([C@@H]2CCS(=O)(=O)C2)n1. The van der Waals surface area contributed by atoms with Gasteiger partial charge >= 0.3 is 0 Å². The van der Waals surface area contributed by atoms with Crippen molar-refractivity contribution < 1.29 is 17.9 Å². The maximum absolute atomic E-state index is 12.3. The lowest BCUT2D eigenvalue weighted by Crippen LogP contribution is -2.24. The van der Waals surface area contributed by atoms with Gasteiger partial charge in [-0.2, -0.15) is 5.10 Å². The highest BCUT2D eigenvalue weighted by molar-refractivity contribution is 7.91. The third-order valence-corrected chi connectivity index (χ3v) is 6.07. The summed E-state index contributed by atoms with van der Waals surface area (Å²) in [6.45, 7) is 3.91. The van der Waals surface area contributed by atoms with Crippen LogP contribution in [0.15, 0.2) is 43.0 Å². The predicted octanol–water partition coefficient (Wildman–Crippen LogP) is 1.83. The number of aromatic nitrogens is 2. The molecule has 26 heavy (non-hydrogen) atoms. The van der Waals surface area contributed by atoms with Crippen molar-refractivity contribution >= 4 is 15.7 Å². The second kappa shape index (κ2) is 7.33. The summed E-state index contributed by atoms with van der Waals surface area (Å²) < 4.78 is 30.6. The largest absolute Gasteiger partial charge is 0.497 e. The Hall–Kier alpha value is -2.61. The van der Waals surface area contributed by atoms with Crippen molar-refractivity contribution in [2.75, 3.05) is 25.2 Å². The van der Waals surface area contributed by atoms with E-state index in [1.807, 2.05) is 24.3 Å². The zero-order chi connectivity index (χ0) is 18.7. The van der Waals surface area contributed by atoms with Gasteiger partial charge in [-0.15, -0.1) is 6.58 Å². The lowest BCUT2D eigenvalue weighted by molar-refractivity contribution is 0.0952. The number of benzene rings is 1. The second-order valence-corrected chi connectivity index (χ2v) is 8.37. The second-order valence-electron chi connectivity index (χ2n) is 6.14. The molecule has 1 N–H and O–H groups in total. The van der Waals surface area contributed by atoms with Crippen LogP contribution in [0.25, 0.3) is 11.3 Å². The van der Waals surface area contributed by atoms with E-state index in [0.29, 0.717) is 24.4 Å². The van der Waals surface area contributed by atoms with Crippen molar-refractivity contribution in [2.45, 2.75) is 12.5 Å². The van der Waals surface area contributed by atoms with Gasteiger partial charge < -0.3 is 10.1 Å². The number of nitrogens with zero attached hydrogens (tertiary/aromatic N) is 2. The molecule has 0 bridgehead atoms. The first-order chi connectivity index (χ1) is 12.4. The van der Waals surface area contributed by atoms with E-state index in [9.17, 15) is 13.2 Å². The molecule has 1 fully saturated rings. The Labute approximate surface area is 152 Å². The Kier molecular flexibility index (Phi) is 5.13. The summed E-state index contributed by atoms with van der Waals surface area (Å²) in [7, 11) is -1.49. The summed E-state index contributed by atoms with van der Waals surface area (Å²) in [6, 6.07) is 8.76. The highest BCUT2D eigenvalue weighted by Crippen LogP contribution is 2.30. The standard InChI is InChI=1S/C18H21N3O4S/c1-3-9-19-18(22)16-11-17(13-4-6-15(25-2)7-5-13)21(20-16)14-8-10-26(23,24)12-14/h3-7,11,14H,1,8-10,12H2,2H3,(H,19,22)/t14-/m1/s1. The normalized spacial score (nSPS) is 18.4. The van der Waals surface area contributed by atoms with Crippen molar-refractivity contribution in [3.63, 3.8) is 0 Å². The third kappa shape index (κ3) is 3.80. The zero-order valence-electron chi connectivity index (χ0n) is 14.5. The van der Waals surface area contributed by atoms with E-state index in [-0.39, 0.29) is 29.1 Å². The first-order valence-corrected chi connectivity index (χ1v) is 10.1. The van der Waals surface area contributed by atoms with E-state index < -0.39 is 9.84 Å². The maximum atomic E-state index is 12.3. The van der Waals surface area contributed by atoms with E-state index in [1.54, 1.807) is 23.9 Å². The maximum Gasteiger partial charge on any atom is 0.272 e. The van der Waals surface area contributed by atoms with E-state index in [4.69, 9.17) is 4.74 Å². The molecule has 0 aliphatic carbocycles. The lowest BCUT2D eigenvalue weighted by Gasteiger charge is -2.13. The average molecular weight is 375 g/mol. The number of hydrogen-bond acceptors (Lipinski definition) is 5. The number of nitrogens with one attached hydrogen (secondary N) is 1. The number of methoxy groups -OCH3 is 1. The van der Waals surface area contributed by atoms with Gasteiger partial charge in [0.15, 0.2) is 15.5 Å². The molecule has 3 rings (SSSR count). The van der Waals surface area contributed by atoms with Gasteiger partial charge in [0.25, 0.3) is 5.91 Å². The van der Waals surface area contributed by atoms with Crippen molar-refractivity contribution in [3.8, 4) is 17.0 Å². The molecule has 0 spiro atoms. The van der Waals surface area contributed by atoms with E-state index in [0.717, 1.165) is 5.56 Å². The number of ether oxygens (including phenoxy) is 1. The Bertz CT molecular complexity index is 916. The molecule has 7 nitrogen and oxygen atoms in total. The fraction of sp³-hybridized carbons (Fsp3) is 0.333. The van der Waals surface area contributed by atoms with Crippen molar-refractivity contribution in [3.05, 3.63) is 48.7 Å². The molecule has 0 radical (unpaired) electrons. The Morgan fingerprint density at radius 2 is 2.15 bits per heavy atom. The van der Waals surface area contributed by atoms with Gasteiger partial charge in [-0.25, -0.2) is 8.42 Å². The summed E-state index contributed by atoms with van der Waals surface area (Å²) in [4.78, 5) is 12.3. The molecule has 8 heteroatoms. The molecule has 1 amide bonds. The van der Waals surface area contributed by atoms with Gasteiger partial charge in [0, 0.05) is 12.1 Å². The molecule has 1 aromatic carbocycles. The minimum absolute atomic E-state index is 0.0333. The highest BCUT2D eigenvalue weighted by atomic mass is 32.2. The molecule has 2 heterocycles. The first-order valence-electron chi connectivity index (χ1n) is 8.27. The molecule has 1 aliphatic rings. The smallest absolute Gasteiger partial charge is 0.272 e. The highest BCUT2D eigenvalue weighted by Gasteiger charge is 2.32.